The third-order valence-corrected chi connectivity index (χ3v) is 1.83. The SMILES string of the molecule is Cc1cccc2c1=NCC=2. The van der Waals surface area contributed by atoms with Crippen LogP contribution < -0.4 is 10.6 Å². The second kappa shape index (κ2) is 1.94. The Bertz CT molecular complexity index is 363. The van der Waals surface area contributed by atoms with Crippen molar-refractivity contribution >= 4 is 6.08 Å². The molecule has 0 unspecified atom stereocenters. The molecule has 0 fully saturated rings. The van der Waals surface area contributed by atoms with E-state index in [4.69, 9.17) is 0 Å². The summed E-state index contributed by atoms with van der Waals surface area (Å²) >= 11 is 0. The molecule has 0 aromatic heterocycles. The van der Waals surface area contributed by atoms with Crippen LogP contribution in [0.4, 0.5) is 0 Å². The zero-order chi connectivity index (χ0) is 6.97. The van der Waals surface area contributed by atoms with E-state index in [0.717, 1.165) is 6.54 Å². The highest BCUT2D eigenvalue weighted by Gasteiger charge is 1.94. The van der Waals surface area contributed by atoms with Gasteiger partial charge in [0.2, 0.25) is 0 Å². The Labute approximate surface area is 59.7 Å². The van der Waals surface area contributed by atoms with Gasteiger partial charge < -0.3 is 0 Å². The molecule has 50 valence electrons. The molecule has 0 bridgehead atoms. The number of para-hydroxylation sites is 1. The van der Waals surface area contributed by atoms with E-state index < -0.39 is 0 Å². The third kappa shape index (κ3) is 0.670. The summed E-state index contributed by atoms with van der Waals surface area (Å²) in [7, 11) is 0. The van der Waals surface area contributed by atoms with Crippen molar-refractivity contribution in [3.63, 3.8) is 0 Å². The Balaban J connectivity index is 2.97. The maximum atomic E-state index is 4.34. The number of nitrogens with zero attached hydrogens (tertiary/aromatic N) is 1. The molecule has 1 nitrogen and oxygen atoms in total. The van der Waals surface area contributed by atoms with Gasteiger partial charge in [-0.2, -0.15) is 0 Å². The van der Waals surface area contributed by atoms with Gasteiger partial charge in [-0.3, -0.25) is 4.99 Å². The molecule has 1 aromatic rings. The first-order valence-electron chi connectivity index (χ1n) is 3.48. The highest BCUT2D eigenvalue weighted by atomic mass is 14.7. The van der Waals surface area contributed by atoms with Crippen LogP contribution in [0.3, 0.4) is 0 Å². The number of aryl methyl sites for hydroxylation is 1. The van der Waals surface area contributed by atoms with E-state index >= 15 is 0 Å². The van der Waals surface area contributed by atoms with Gasteiger partial charge in [0.05, 0.1) is 11.9 Å². The highest BCUT2D eigenvalue weighted by Crippen LogP contribution is 1.87. The van der Waals surface area contributed by atoms with E-state index in [-0.39, 0.29) is 0 Å². The van der Waals surface area contributed by atoms with Crippen LogP contribution in [0.5, 0.6) is 0 Å². The second-order valence-electron chi connectivity index (χ2n) is 2.56. The van der Waals surface area contributed by atoms with E-state index in [2.05, 4.69) is 36.2 Å². The van der Waals surface area contributed by atoms with Gasteiger partial charge in [-0.15, -0.1) is 0 Å². The van der Waals surface area contributed by atoms with E-state index in [9.17, 15) is 0 Å². The van der Waals surface area contributed by atoms with E-state index in [1.54, 1.807) is 0 Å². The van der Waals surface area contributed by atoms with Gasteiger partial charge in [0.25, 0.3) is 0 Å². The molecule has 0 amide bonds. The lowest BCUT2D eigenvalue weighted by Gasteiger charge is -1.88. The van der Waals surface area contributed by atoms with Gasteiger partial charge in [-0.25, -0.2) is 0 Å². The summed E-state index contributed by atoms with van der Waals surface area (Å²) in [5.74, 6) is 0. The minimum atomic E-state index is 0.861. The fourth-order valence-electron chi connectivity index (χ4n) is 1.30. The van der Waals surface area contributed by atoms with Gasteiger partial charge in [0.15, 0.2) is 0 Å². The molecule has 0 radical (unpaired) electrons. The maximum absolute atomic E-state index is 4.34. The molecule has 1 heteroatoms. The minimum absolute atomic E-state index is 0.861. The summed E-state index contributed by atoms with van der Waals surface area (Å²) in [6.45, 7) is 2.96. The Hall–Kier alpha value is -1.11. The molecule has 0 atom stereocenters. The summed E-state index contributed by atoms with van der Waals surface area (Å²) in [5, 5.41) is 2.47. The molecule has 10 heavy (non-hydrogen) atoms. The van der Waals surface area contributed by atoms with Crippen LogP contribution in [0, 0.1) is 6.92 Å². The average Bonchev–Trinajstić information content (AvgIpc) is 2.36. The Kier molecular flexibility index (Phi) is 1.10. The van der Waals surface area contributed by atoms with Crippen molar-refractivity contribution in [1.29, 1.82) is 0 Å². The van der Waals surface area contributed by atoms with Crippen LogP contribution in [0.15, 0.2) is 23.2 Å². The lowest BCUT2D eigenvalue weighted by molar-refractivity contribution is 1.19. The zero-order valence-electron chi connectivity index (χ0n) is 5.96. The second-order valence-corrected chi connectivity index (χ2v) is 2.56. The minimum Gasteiger partial charge on any atom is -0.280 e. The first-order chi connectivity index (χ1) is 4.88. The van der Waals surface area contributed by atoms with Crippen molar-refractivity contribution in [2.45, 2.75) is 6.92 Å². The molecule has 1 aromatic carbocycles. The molecule has 2 rings (SSSR count). The Morgan fingerprint density at radius 1 is 1.40 bits per heavy atom. The van der Waals surface area contributed by atoms with Crippen LogP contribution in [0.2, 0.25) is 0 Å². The number of hydrogen-bond acceptors (Lipinski definition) is 1. The van der Waals surface area contributed by atoms with Crippen molar-refractivity contribution in [3.05, 3.63) is 34.3 Å². The van der Waals surface area contributed by atoms with Crippen LogP contribution >= 0.6 is 0 Å². The van der Waals surface area contributed by atoms with E-state index in [1.807, 2.05) is 0 Å². The van der Waals surface area contributed by atoms with Gasteiger partial charge in [0.1, 0.15) is 0 Å². The molecule has 0 aliphatic carbocycles. The smallest absolute Gasteiger partial charge is 0.0677 e. The van der Waals surface area contributed by atoms with Crippen LogP contribution in [-0.4, -0.2) is 6.54 Å². The summed E-state index contributed by atoms with van der Waals surface area (Å²) in [6, 6.07) is 6.28. The highest BCUT2D eigenvalue weighted by molar-refractivity contribution is 5.31. The summed E-state index contributed by atoms with van der Waals surface area (Å²) in [6.07, 6.45) is 2.16. The monoisotopic (exact) mass is 131 g/mol. The van der Waals surface area contributed by atoms with Crippen molar-refractivity contribution in [2.75, 3.05) is 6.54 Å². The summed E-state index contributed by atoms with van der Waals surface area (Å²) < 4.78 is 0. The van der Waals surface area contributed by atoms with E-state index in [1.165, 1.54) is 16.1 Å². The molecule has 1 aliphatic rings. The Morgan fingerprint density at radius 3 is 3.10 bits per heavy atom. The lowest BCUT2D eigenvalue weighted by atomic mass is 10.2. The predicted molar refractivity (Wildman–Crippen MR) is 41.3 cm³/mol. The number of rotatable bonds is 0. The van der Waals surface area contributed by atoms with Crippen molar-refractivity contribution in [2.24, 2.45) is 4.99 Å². The molecule has 0 spiro atoms. The quantitative estimate of drug-likeness (QED) is 0.483. The van der Waals surface area contributed by atoms with Crippen LogP contribution in [0.1, 0.15) is 5.56 Å². The Morgan fingerprint density at radius 2 is 2.30 bits per heavy atom. The van der Waals surface area contributed by atoms with Crippen molar-refractivity contribution < 1.29 is 0 Å². The third-order valence-electron chi connectivity index (χ3n) is 1.83. The maximum Gasteiger partial charge on any atom is 0.0677 e. The molecule has 0 N–H and O–H groups in total. The number of benzene rings is 1. The molecule has 1 aliphatic heterocycles. The molecular weight excluding hydrogens is 122 g/mol. The standard InChI is InChI=1S/C9H9N/c1-7-3-2-4-8-5-6-10-9(7)8/h2-5H,6H2,1H3. The first kappa shape index (κ1) is 5.66. The molecule has 0 saturated carbocycles. The topological polar surface area (TPSA) is 12.4 Å². The van der Waals surface area contributed by atoms with Crippen molar-refractivity contribution in [1.82, 2.24) is 0 Å². The molecule has 0 saturated heterocycles. The van der Waals surface area contributed by atoms with Crippen molar-refractivity contribution in [3.8, 4) is 0 Å². The van der Waals surface area contributed by atoms with Gasteiger partial charge in [-0.1, -0.05) is 24.3 Å². The van der Waals surface area contributed by atoms with Gasteiger partial charge in [-0.05, 0) is 17.7 Å². The van der Waals surface area contributed by atoms with Gasteiger partial charge in [0, 0.05) is 0 Å². The largest absolute Gasteiger partial charge is 0.280 e. The fourth-order valence-corrected chi connectivity index (χ4v) is 1.30. The first-order valence-corrected chi connectivity index (χ1v) is 3.48. The fraction of sp³-hybridized carbons (Fsp3) is 0.222. The normalized spacial score (nSPS) is 13.7. The lowest BCUT2D eigenvalue weighted by Crippen LogP contribution is -2.23. The van der Waals surface area contributed by atoms with Crippen LogP contribution in [0.25, 0.3) is 6.08 Å². The average molecular weight is 131 g/mol. The molecular formula is C9H9N. The van der Waals surface area contributed by atoms with Gasteiger partial charge >= 0.3 is 0 Å². The van der Waals surface area contributed by atoms with E-state index in [0.29, 0.717) is 0 Å². The zero-order valence-corrected chi connectivity index (χ0v) is 5.96. The number of hydrogen-bond donors (Lipinski definition) is 0. The summed E-state index contributed by atoms with van der Waals surface area (Å²) in [5.41, 5.74) is 1.28. The predicted octanol–water partition coefficient (Wildman–Crippen LogP) is 0.409. The summed E-state index contributed by atoms with van der Waals surface area (Å²) in [4.78, 5) is 4.34. The molecule has 1 heterocycles. The van der Waals surface area contributed by atoms with Crippen LogP contribution in [-0.2, 0) is 0 Å². The number of fused-ring (bicyclic) bond motifs is 1.